The highest BCUT2D eigenvalue weighted by Gasteiger charge is 2.32. The summed E-state index contributed by atoms with van der Waals surface area (Å²) in [7, 11) is -2.04. The number of nitrogens with zero attached hydrogens (tertiary/aromatic N) is 4. The van der Waals surface area contributed by atoms with Crippen LogP contribution in [0.4, 0.5) is 0 Å². The number of benzene rings is 1. The molecule has 0 radical (unpaired) electrons. The number of sulfonamides is 1. The lowest BCUT2D eigenvalue weighted by Gasteiger charge is -2.21. The number of aryl methyl sites for hydroxylation is 2. The lowest BCUT2D eigenvalue weighted by atomic mass is 10.1. The quantitative estimate of drug-likeness (QED) is 0.497. The number of imidazole rings is 1. The second-order valence-corrected chi connectivity index (χ2v) is 9.31. The predicted octanol–water partition coefficient (Wildman–Crippen LogP) is 1.32. The molecule has 0 atom stereocenters. The Kier molecular flexibility index (Phi) is 5.20. The molecule has 3 heterocycles. The largest absolute Gasteiger partial charge is 0.358 e. The summed E-state index contributed by atoms with van der Waals surface area (Å²) in [4.78, 5) is 34.5. The van der Waals surface area contributed by atoms with E-state index in [1.807, 2.05) is 24.3 Å². The summed E-state index contributed by atoms with van der Waals surface area (Å²) in [5.41, 5.74) is 1.82. The number of nitrogens with one attached hydrogen (secondary N) is 1. The summed E-state index contributed by atoms with van der Waals surface area (Å²) in [5, 5.41) is 0.692. The Morgan fingerprint density at radius 2 is 1.87 bits per heavy atom. The Bertz CT molecular complexity index is 1230. The van der Waals surface area contributed by atoms with Gasteiger partial charge in [0.25, 0.3) is 21.7 Å². The Balaban J connectivity index is 1.52. The van der Waals surface area contributed by atoms with Crippen molar-refractivity contribution in [1.82, 2.24) is 23.7 Å². The first-order valence-corrected chi connectivity index (χ1v) is 11.1. The van der Waals surface area contributed by atoms with Crippen LogP contribution in [-0.4, -0.2) is 70.0 Å². The third-order valence-corrected chi connectivity index (χ3v) is 7.13. The maximum Gasteiger partial charge on any atom is 0.295 e. The number of carbonyl (C=O) groups is 2. The minimum atomic E-state index is -3.74. The number of H-pyrrole nitrogens is 1. The van der Waals surface area contributed by atoms with E-state index in [1.165, 1.54) is 21.7 Å². The van der Waals surface area contributed by atoms with Crippen molar-refractivity contribution in [3.8, 4) is 0 Å². The van der Waals surface area contributed by atoms with Crippen molar-refractivity contribution in [2.24, 2.45) is 7.05 Å². The molecule has 1 aliphatic rings. The van der Waals surface area contributed by atoms with Crippen LogP contribution in [0.5, 0.6) is 0 Å². The van der Waals surface area contributed by atoms with Gasteiger partial charge in [-0.05, 0) is 19.4 Å². The highest BCUT2D eigenvalue weighted by molar-refractivity contribution is 7.89. The zero-order valence-corrected chi connectivity index (χ0v) is 17.6. The van der Waals surface area contributed by atoms with E-state index >= 15 is 0 Å². The molecule has 2 aromatic heterocycles. The second-order valence-electron chi connectivity index (χ2n) is 7.43. The van der Waals surface area contributed by atoms with Crippen LogP contribution in [0.15, 0.2) is 41.8 Å². The van der Waals surface area contributed by atoms with Crippen molar-refractivity contribution in [1.29, 1.82) is 0 Å². The minimum absolute atomic E-state index is 0.0183. The zero-order valence-electron chi connectivity index (χ0n) is 16.8. The predicted molar refractivity (Wildman–Crippen MR) is 111 cm³/mol. The molecule has 158 valence electrons. The van der Waals surface area contributed by atoms with Crippen molar-refractivity contribution in [2.45, 2.75) is 18.4 Å². The van der Waals surface area contributed by atoms with Crippen LogP contribution in [0.3, 0.4) is 0 Å². The van der Waals surface area contributed by atoms with Crippen LogP contribution in [0.25, 0.3) is 10.9 Å². The van der Waals surface area contributed by atoms with Crippen LogP contribution in [0.2, 0.25) is 0 Å². The SMILES string of the molecule is Cc1[nH]c2ccccc2c1C(=O)C(=O)N1CCCN(S(=O)(=O)c2cn(C)cn2)CC1. The van der Waals surface area contributed by atoms with Gasteiger partial charge in [-0.25, -0.2) is 13.4 Å². The number of ketones is 1. The molecule has 1 amide bonds. The number of Topliss-reactive ketones (excluding diaryl/α,β-unsaturated/α-hetero) is 1. The van der Waals surface area contributed by atoms with E-state index in [9.17, 15) is 18.0 Å². The molecule has 9 nitrogen and oxygen atoms in total. The third kappa shape index (κ3) is 3.52. The number of fused-ring (bicyclic) bond motifs is 1. The van der Waals surface area contributed by atoms with Crippen LogP contribution in [-0.2, 0) is 21.9 Å². The van der Waals surface area contributed by atoms with E-state index in [2.05, 4.69) is 9.97 Å². The summed E-state index contributed by atoms with van der Waals surface area (Å²) in [6, 6.07) is 7.35. The fraction of sp³-hybridized carbons (Fsp3) is 0.350. The highest BCUT2D eigenvalue weighted by atomic mass is 32.2. The first-order valence-electron chi connectivity index (χ1n) is 9.68. The summed E-state index contributed by atoms with van der Waals surface area (Å²) >= 11 is 0. The lowest BCUT2D eigenvalue weighted by molar-refractivity contribution is -0.126. The summed E-state index contributed by atoms with van der Waals surface area (Å²) in [5.74, 6) is -1.19. The average Bonchev–Trinajstić information content (AvgIpc) is 3.20. The topological polar surface area (TPSA) is 108 Å². The molecule has 30 heavy (non-hydrogen) atoms. The van der Waals surface area contributed by atoms with Gasteiger partial charge in [-0.3, -0.25) is 9.59 Å². The molecule has 1 aromatic carbocycles. The van der Waals surface area contributed by atoms with Crippen molar-refractivity contribution in [2.75, 3.05) is 26.2 Å². The van der Waals surface area contributed by atoms with Crippen molar-refractivity contribution in [3.63, 3.8) is 0 Å². The van der Waals surface area contributed by atoms with Gasteiger partial charge in [0.1, 0.15) is 0 Å². The Labute approximate surface area is 174 Å². The number of hydrogen-bond acceptors (Lipinski definition) is 5. The molecule has 4 rings (SSSR count). The molecular weight excluding hydrogens is 406 g/mol. The van der Waals surface area contributed by atoms with Gasteiger partial charge in [0.2, 0.25) is 0 Å². The van der Waals surface area contributed by atoms with Gasteiger partial charge in [-0.1, -0.05) is 18.2 Å². The van der Waals surface area contributed by atoms with E-state index < -0.39 is 21.7 Å². The first-order chi connectivity index (χ1) is 14.3. The van der Waals surface area contributed by atoms with E-state index in [1.54, 1.807) is 18.5 Å². The molecule has 0 bridgehead atoms. The van der Waals surface area contributed by atoms with E-state index in [4.69, 9.17) is 0 Å². The number of rotatable bonds is 4. The molecule has 3 aromatic rings. The van der Waals surface area contributed by atoms with Gasteiger partial charge in [-0.2, -0.15) is 4.31 Å². The number of para-hydroxylation sites is 1. The molecule has 0 saturated carbocycles. The van der Waals surface area contributed by atoms with E-state index in [0.717, 1.165) is 5.52 Å². The van der Waals surface area contributed by atoms with Gasteiger partial charge in [-0.15, -0.1) is 0 Å². The van der Waals surface area contributed by atoms with Crippen molar-refractivity contribution < 1.29 is 18.0 Å². The monoisotopic (exact) mass is 429 g/mol. The lowest BCUT2D eigenvalue weighted by Crippen LogP contribution is -2.40. The molecule has 0 spiro atoms. The normalized spacial score (nSPS) is 16.0. The smallest absolute Gasteiger partial charge is 0.295 e. The number of carbonyl (C=O) groups excluding carboxylic acids is 2. The average molecular weight is 430 g/mol. The van der Waals surface area contributed by atoms with Gasteiger partial charge in [0.05, 0.1) is 11.9 Å². The standard InChI is InChI=1S/C20H23N5O4S/c1-14-18(15-6-3-4-7-16(15)22-14)19(26)20(27)24-8-5-9-25(11-10-24)30(28,29)17-12-23(2)13-21-17/h3-4,6-7,12-13,22H,5,8-11H2,1-2H3. The van der Waals surface area contributed by atoms with Gasteiger partial charge in [0.15, 0.2) is 5.03 Å². The fourth-order valence-electron chi connectivity index (χ4n) is 3.81. The van der Waals surface area contributed by atoms with Gasteiger partial charge >= 0.3 is 0 Å². The third-order valence-electron chi connectivity index (χ3n) is 5.34. The maximum absolute atomic E-state index is 13.0. The summed E-state index contributed by atoms with van der Waals surface area (Å²) in [6.45, 7) is 2.62. The molecule has 1 aliphatic heterocycles. The van der Waals surface area contributed by atoms with Gasteiger partial charge < -0.3 is 14.5 Å². The van der Waals surface area contributed by atoms with Crippen LogP contribution >= 0.6 is 0 Å². The Morgan fingerprint density at radius 3 is 2.60 bits per heavy atom. The van der Waals surface area contributed by atoms with Crippen LogP contribution < -0.4 is 0 Å². The molecule has 10 heteroatoms. The maximum atomic E-state index is 13.0. The molecule has 1 fully saturated rings. The number of aromatic nitrogens is 3. The number of aromatic amines is 1. The van der Waals surface area contributed by atoms with Crippen molar-refractivity contribution >= 4 is 32.6 Å². The molecule has 0 aliphatic carbocycles. The highest BCUT2D eigenvalue weighted by Crippen LogP contribution is 2.23. The van der Waals surface area contributed by atoms with E-state index in [0.29, 0.717) is 29.6 Å². The zero-order chi connectivity index (χ0) is 21.5. The number of hydrogen-bond donors (Lipinski definition) is 1. The fourth-order valence-corrected chi connectivity index (χ4v) is 5.25. The minimum Gasteiger partial charge on any atom is -0.358 e. The molecular formula is C20H23N5O4S. The van der Waals surface area contributed by atoms with Gasteiger partial charge in [0, 0.05) is 56.0 Å². The Hall–Kier alpha value is -2.98. The summed E-state index contributed by atoms with van der Waals surface area (Å²) in [6.07, 6.45) is 3.33. The van der Waals surface area contributed by atoms with E-state index in [-0.39, 0.29) is 24.7 Å². The summed E-state index contributed by atoms with van der Waals surface area (Å²) < 4.78 is 28.5. The van der Waals surface area contributed by atoms with Crippen LogP contribution in [0.1, 0.15) is 22.5 Å². The number of amides is 1. The van der Waals surface area contributed by atoms with Crippen molar-refractivity contribution in [3.05, 3.63) is 48.0 Å². The molecule has 1 N–H and O–H groups in total. The van der Waals surface area contributed by atoms with Crippen LogP contribution in [0, 0.1) is 6.92 Å². The second kappa shape index (κ2) is 7.69. The first kappa shape index (κ1) is 20.3. The molecule has 1 saturated heterocycles. The Morgan fingerprint density at radius 1 is 1.10 bits per heavy atom. The molecule has 0 unspecified atom stereocenters.